The first-order chi connectivity index (χ1) is 8.01. The van der Waals surface area contributed by atoms with E-state index in [-0.39, 0.29) is 11.5 Å². The van der Waals surface area contributed by atoms with Crippen LogP contribution in [0.5, 0.6) is 5.75 Å². The van der Waals surface area contributed by atoms with E-state index in [0.29, 0.717) is 0 Å². The molecule has 92 valence electrons. The van der Waals surface area contributed by atoms with Gasteiger partial charge in [0.2, 0.25) is 0 Å². The van der Waals surface area contributed by atoms with Crippen molar-refractivity contribution in [2.75, 3.05) is 13.7 Å². The number of nitrogens with one attached hydrogen (secondary N) is 1. The highest BCUT2D eigenvalue weighted by Gasteiger charge is 2.24. The SMILES string of the molecule is COc1ccccc1C(C)(C)CNC(C)C#N. The van der Waals surface area contributed by atoms with Crippen molar-refractivity contribution in [3.8, 4) is 11.8 Å². The van der Waals surface area contributed by atoms with Gasteiger partial charge in [0.25, 0.3) is 0 Å². The van der Waals surface area contributed by atoms with E-state index in [1.165, 1.54) is 0 Å². The third-order valence-electron chi connectivity index (χ3n) is 2.88. The number of para-hydroxylation sites is 1. The van der Waals surface area contributed by atoms with Gasteiger partial charge in [0, 0.05) is 17.5 Å². The highest BCUT2D eigenvalue weighted by atomic mass is 16.5. The third-order valence-corrected chi connectivity index (χ3v) is 2.88. The largest absolute Gasteiger partial charge is 0.496 e. The van der Waals surface area contributed by atoms with Gasteiger partial charge < -0.3 is 10.1 Å². The fourth-order valence-corrected chi connectivity index (χ4v) is 1.75. The number of nitriles is 1. The minimum atomic E-state index is -0.135. The summed E-state index contributed by atoms with van der Waals surface area (Å²) in [4.78, 5) is 0. The lowest BCUT2D eigenvalue weighted by molar-refractivity contribution is 0.383. The summed E-state index contributed by atoms with van der Waals surface area (Å²) in [5.41, 5.74) is 1.08. The van der Waals surface area contributed by atoms with Crippen molar-refractivity contribution in [2.24, 2.45) is 0 Å². The second-order valence-electron chi connectivity index (χ2n) is 4.82. The zero-order chi connectivity index (χ0) is 12.9. The summed E-state index contributed by atoms with van der Waals surface area (Å²) in [6.45, 7) is 6.88. The average Bonchev–Trinajstić information content (AvgIpc) is 2.35. The van der Waals surface area contributed by atoms with Crippen LogP contribution in [0, 0.1) is 11.3 Å². The van der Waals surface area contributed by atoms with Crippen LogP contribution in [0.4, 0.5) is 0 Å². The van der Waals surface area contributed by atoms with E-state index in [1.54, 1.807) is 7.11 Å². The Morgan fingerprint density at radius 2 is 2.06 bits per heavy atom. The fraction of sp³-hybridized carbons (Fsp3) is 0.500. The second kappa shape index (κ2) is 5.70. The molecule has 0 fully saturated rings. The van der Waals surface area contributed by atoms with E-state index in [4.69, 9.17) is 10.00 Å². The van der Waals surface area contributed by atoms with Crippen molar-refractivity contribution in [3.05, 3.63) is 29.8 Å². The van der Waals surface area contributed by atoms with Crippen LogP contribution in [0.25, 0.3) is 0 Å². The molecule has 1 N–H and O–H groups in total. The van der Waals surface area contributed by atoms with Gasteiger partial charge in [-0.3, -0.25) is 0 Å². The number of benzene rings is 1. The highest BCUT2D eigenvalue weighted by Crippen LogP contribution is 2.30. The molecule has 3 nitrogen and oxygen atoms in total. The van der Waals surface area contributed by atoms with Crippen LogP contribution in [0.3, 0.4) is 0 Å². The van der Waals surface area contributed by atoms with Crippen LogP contribution in [0.2, 0.25) is 0 Å². The van der Waals surface area contributed by atoms with Crippen LogP contribution in [0.1, 0.15) is 26.3 Å². The zero-order valence-corrected chi connectivity index (χ0v) is 10.9. The fourth-order valence-electron chi connectivity index (χ4n) is 1.75. The van der Waals surface area contributed by atoms with Gasteiger partial charge in [-0.15, -0.1) is 0 Å². The molecule has 1 aromatic rings. The van der Waals surface area contributed by atoms with Gasteiger partial charge in [-0.1, -0.05) is 32.0 Å². The number of rotatable bonds is 5. The lowest BCUT2D eigenvalue weighted by Crippen LogP contribution is -2.37. The van der Waals surface area contributed by atoms with E-state index in [9.17, 15) is 0 Å². The molecule has 0 saturated heterocycles. The summed E-state index contributed by atoms with van der Waals surface area (Å²) in [6.07, 6.45) is 0. The van der Waals surface area contributed by atoms with E-state index >= 15 is 0 Å². The Morgan fingerprint density at radius 1 is 1.41 bits per heavy atom. The number of nitrogens with zero attached hydrogens (tertiary/aromatic N) is 1. The Kier molecular flexibility index (Phi) is 4.53. The molecule has 0 heterocycles. The summed E-state index contributed by atoms with van der Waals surface area (Å²) in [7, 11) is 1.68. The smallest absolute Gasteiger partial charge is 0.122 e. The summed E-state index contributed by atoms with van der Waals surface area (Å²) in [6, 6.07) is 10.0. The summed E-state index contributed by atoms with van der Waals surface area (Å²) in [5.74, 6) is 0.893. The lowest BCUT2D eigenvalue weighted by Gasteiger charge is -2.28. The molecule has 0 aromatic heterocycles. The van der Waals surface area contributed by atoms with Crippen LogP contribution in [-0.2, 0) is 5.41 Å². The summed E-state index contributed by atoms with van der Waals surface area (Å²) >= 11 is 0. The van der Waals surface area contributed by atoms with Crippen molar-refractivity contribution in [2.45, 2.75) is 32.2 Å². The molecule has 0 aliphatic rings. The van der Waals surface area contributed by atoms with E-state index in [0.717, 1.165) is 17.9 Å². The molecular formula is C14H20N2O. The van der Waals surface area contributed by atoms with Crippen molar-refractivity contribution < 1.29 is 4.74 Å². The van der Waals surface area contributed by atoms with Crippen molar-refractivity contribution in [1.29, 1.82) is 5.26 Å². The normalized spacial score (nSPS) is 12.9. The molecule has 0 spiro atoms. The molecule has 0 amide bonds. The predicted molar refractivity (Wildman–Crippen MR) is 69.1 cm³/mol. The quantitative estimate of drug-likeness (QED) is 0.848. The van der Waals surface area contributed by atoms with E-state index in [1.807, 2.05) is 25.1 Å². The Hall–Kier alpha value is -1.53. The molecule has 0 radical (unpaired) electrons. The van der Waals surface area contributed by atoms with Gasteiger partial charge in [0.1, 0.15) is 5.75 Å². The minimum absolute atomic E-state index is 0.0717. The van der Waals surface area contributed by atoms with Crippen LogP contribution in [0.15, 0.2) is 24.3 Å². The number of hydrogen-bond acceptors (Lipinski definition) is 3. The number of ether oxygens (including phenoxy) is 1. The molecule has 0 aliphatic carbocycles. The standard InChI is InChI=1S/C14H20N2O/c1-11(9-15)16-10-14(2,3)12-7-5-6-8-13(12)17-4/h5-8,11,16H,10H2,1-4H3. The first-order valence-electron chi connectivity index (χ1n) is 5.78. The van der Waals surface area contributed by atoms with Gasteiger partial charge in [0.15, 0.2) is 0 Å². The second-order valence-corrected chi connectivity index (χ2v) is 4.82. The summed E-state index contributed by atoms with van der Waals surface area (Å²) in [5, 5.41) is 12.0. The molecule has 17 heavy (non-hydrogen) atoms. The molecular weight excluding hydrogens is 212 g/mol. The molecule has 0 bridgehead atoms. The van der Waals surface area contributed by atoms with Crippen LogP contribution < -0.4 is 10.1 Å². The van der Waals surface area contributed by atoms with Gasteiger partial charge in [-0.2, -0.15) is 5.26 Å². The van der Waals surface area contributed by atoms with Gasteiger partial charge in [0.05, 0.1) is 19.2 Å². The average molecular weight is 232 g/mol. The van der Waals surface area contributed by atoms with Gasteiger partial charge >= 0.3 is 0 Å². The van der Waals surface area contributed by atoms with E-state index < -0.39 is 0 Å². The Morgan fingerprint density at radius 3 is 2.65 bits per heavy atom. The summed E-state index contributed by atoms with van der Waals surface area (Å²) < 4.78 is 5.37. The van der Waals surface area contributed by atoms with Crippen LogP contribution in [-0.4, -0.2) is 19.7 Å². The third kappa shape index (κ3) is 3.47. The van der Waals surface area contributed by atoms with Gasteiger partial charge in [-0.25, -0.2) is 0 Å². The highest BCUT2D eigenvalue weighted by molar-refractivity contribution is 5.39. The molecule has 1 unspecified atom stereocenters. The first kappa shape index (κ1) is 13.5. The molecule has 0 saturated carbocycles. The molecule has 0 aliphatic heterocycles. The Labute approximate surface area is 103 Å². The number of hydrogen-bond donors (Lipinski definition) is 1. The Balaban J connectivity index is 2.85. The lowest BCUT2D eigenvalue weighted by atomic mass is 9.83. The number of methoxy groups -OCH3 is 1. The minimum Gasteiger partial charge on any atom is -0.496 e. The maximum atomic E-state index is 8.77. The molecule has 1 atom stereocenters. The van der Waals surface area contributed by atoms with Crippen molar-refractivity contribution in [3.63, 3.8) is 0 Å². The zero-order valence-electron chi connectivity index (χ0n) is 10.9. The maximum Gasteiger partial charge on any atom is 0.122 e. The van der Waals surface area contributed by atoms with Crippen molar-refractivity contribution in [1.82, 2.24) is 5.32 Å². The molecule has 1 aromatic carbocycles. The molecule has 3 heteroatoms. The van der Waals surface area contributed by atoms with Crippen molar-refractivity contribution >= 4 is 0 Å². The maximum absolute atomic E-state index is 8.77. The first-order valence-corrected chi connectivity index (χ1v) is 5.78. The van der Waals surface area contributed by atoms with E-state index in [2.05, 4.69) is 31.3 Å². The van der Waals surface area contributed by atoms with Crippen LogP contribution >= 0.6 is 0 Å². The Bertz CT molecular complexity index is 407. The molecule has 1 rings (SSSR count). The topological polar surface area (TPSA) is 45.0 Å². The predicted octanol–water partition coefficient (Wildman–Crippen LogP) is 2.47. The van der Waals surface area contributed by atoms with Gasteiger partial charge in [-0.05, 0) is 13.0 Å². The monoisotopic (exact) mass is 232 g/mol.